The number of alkyl halides is 3. The smallest absolute Gasteiger partial charge is 0.417 e. The summed E-state index contributed by atoms with van der Waals surface area (Å²) in [7, 11) is 3.63. The lowest BCUT2D eigenvalue weighted by Gasteiger charge is -2.13. The van der Waals surface area contributed by atoms with E-state index in [0.29, 0.717) is 17.9 Å². The number of aromatic nitrogens is 2. The zero-order valence-electron chi connectivity index (χ0n) is 15.5. The normalized spacial score (nSPS) is 11.8. The molecule has 0 fully saturated rings. The van der Waals surface area contributed by atoms with Crippen molar-refractivity contribution in [2.75, 3.05) is 19.4 Å². The summed E-state index contributed by atoms with van der Waals surface area (Å²) in [4.78, 5) is 33.1. The number of imidazole rings is 1. The van der Waals surface area contributed by atoms with Gasteiger partial charge in [-0.05, 0) is 38.4 Å². The highest BCUT2D eigenvalue weighted by molar-refractivity contribution is 6.08. The summed E-state index contributed by atoms with van der Waals surface area (Å²) in [5, 5.41) is 11.8. The van der Waals surface area contributed by atoms with E-state index < -0.39 is 29.2 Å². The Labute approximate surface area is 163 Å². The Balaban J connectivity index is 2.00. The van der Waals surface area contributed by atoms with Crippen molar-refractivity contribution < 1.29 is 27.9 Å². The van der Waals surface area contributed by atoms with Crippen molar-refractivity contribution in [2.24, 2.45) is 0 Å². The van der Waals surface area contributed by atoms with E-state index in [-0.39, 0.29) is 16.8 Å². The molecular formula is C19H17F3N4O3. The van der Waals surface area contributed by atoms with E-state index in [1.165, 1.54) is 24.3 Å². The lowest BCUT2D eigenvalue weighted by molar-refractivity contribution is -0.137. The summed E-state index contributed by atoms with van der Waals surface area (Å²) in [5.74, 6) is -1.76. The molecule has 0 radical (unpaired) electrons. The lowest BCUT2D eigenvalue weighted by Crippen LogP contribution is -2.18. The maximum Gasteiger partial charge on any atom is 0.417 e. The molecule has 7 nitrogen and oxygen atoms in total. The number of nitrogens with zero attached hydrogens (tertiary/aromatic N) is 2. The lowest BCUT2D eigenvalue weighted by atomic mass is 10.1. The molecule has 1 heterocycles. The molecule has 0 saturated carbocycles. The third kappa shape index (κ3) is 4.37. The van der Waals surface area contributed by atoms with Gasteiger partial charge in [0.1, 0.15) is 11.3 Å². The van der Waals surface area contributed by atoms with Crippen LogP contribution >= 0.6 is 0 Å². The number of rotatable bonds is 5. The molecular weight excluding hydrogens is 389 g/mol. The number of hydrogen-bond donors (Lipinski definition) is 3. The molecule has 0 unspecified atom stereocenters. The van der Waals surface area contributed by atoms with Gasteiger partial charge in [-0.1, -0.05) is 12.1 Å². The first-order valence-corrected chi connectivity index (χ1v) is 8.44. The van der Waals surface area contributed by atoms with E-state index in [1.807, 2.05) is 19.0 Å². The Morgan fingerprint density at radius 2 is 1.86 bits per heavy atom. The fraction of sp³-hybridized carbons (Fsp3) is 0.211. The second-order valence-electron chi connectivity index (χ2n) is 6.64. The monoisotopic (exact) mass is 406 g/mol. The van der Waals surface area contributed by atoms with Crippen molar-refractivity contribution in [3.8, 4) is 0 Å². The summed E-state index contributed by atoms with van der Waals surface area (Å²) in [5.41, 5.74) is -1.23. The Bertz CT molecular complexity index is 1090. The zero-order valence-corrected chi connectivity index (χ0v) is 15.5. The van der Waals surface area contributed by atoms with Gasteiger partial charge in [-0.15, -0.1) is 0 Å². The molecule has 3 aromatic rings. The van der Waals surface area contributed by atoms with Crippen LogP contribution in [0, 0.1) is 0 Å². The maximum atomic E-state index is 13.2. The number of carboxylic acid groups (broad SMARTS) is 1. The summed E-state index contributed by atoms with van der Waals surface area (Å²) in [6.07, 6.45) is -4.70. The minimum atomic E-state index is -4.70. The van der Waals surface area contributed by atoms with Crippen LogP contribution in [-0.2, 0) is 12.7 Å². The van der Waals surface area contributed by atoms with Gasteiger partial charge in [-0.25, -0.2) is 9.78 Å². The van der Waals surface area contributed by atoms with Crippen molar-refractivity contribution in [2.45, 2.75) is 12.7 Å². The van der Waals surface area contributed by atoms with Crippen LogP contribution in [0.25, 0.3) is 11.0 Å². The van der Waals surface area contributed by atoms with Gasteiger partial charge in [-0.2, -0.15) is 13.2 Å². The summed E-state index contributed by atoms with van der Waals surface area (Å²) in [6.45, 7) is 0.425. The number of carboxylic acids is 1. The number of anilines is 1. The largest absolute Gasteiger partial charge is 0.478 e. The molecule has 2 aromatic carbocycles. The number of halogens is 3. The summed E-state index contributed by atoms with van der Waals surface area (Å²) < 4.78 is 39.5. The molecule has 0 spiro atoms. The van der Waals surface area contributed by atoms with E-state index in [1.54, 1.807) is 0 Å². The second-order valence-corrected chi connectivity index (χ2v) is 6.64. The number of H-pyrrole nitrogens is 1. The zero-order chi connectivity index (χ0) is 21.3. The van der Waals surface area contributed by atoms with Crippen molar-refractivity contribution >= 4 is 28.6 Å². The molecule has 0 aliphatic rings. The Morgan fingerprint density at radius 1 is 1.17 bits per heavy atom. The highest BCUT2D eigenvalue weighted by Crippen LogP contribution is 2.32. The number of amides is 1. The van der Waals surface area contributed by atoms with Crippen molar-refractivity contribution in [1.82, 2.24) is 14.9 Å². The third-order valence-electron chi connectivity index (χ3n) is 4.07. The molecule has 152 valence electrons. The molecule has 0 aliphatic carbocycles. The predicted octanol–water partition coefficient (Wildman–Crippen LogP) is 3.59. The van der Waals surface area contributed by atoms with Crippen LogP contribution in [0.5, 0.6) is 0 Å². The van der Waals surface area contributed by atoms with Crippen molar-refractivity contribution in [3.63, 3.8) is 0 Å². The molecule has 1 amide bonds. The number of carbonyl (C=O) groups is 2. The van der Waals surface area contributed by atoms with Gasteiger partial charge in [-0.3, -0.25) is 4.79 Å². The number of fused-ring (bicyclic) bond motifs is 1. The molecule has 0 atom stereocenters. The number of aromatic amines is 1. The van der Waals surface area contributed by atoms with E-state index in [2.05, 4.69) is 15.3 Å². The van der Waals surface area contributed by atoms with Gasteiger partial charge in [0.05, 0.1) is 28.8 Å². The number of nitrogens with one attached hydrogen (secondary N) is 2. The van der Waals surface area contributed by atoms with Crippen LogP contribution in [0.3, 0.4) is 0 Å². The number of aromatic carboxylic acids is 1. The number of carbonyl (C=O) groups excluding carboxylic acids is 1. The summed E-state index contributed by atoms with van der Waals surface area (Å²) >= 11 is 0. The first kappa shape index (κ1) is 20.3. The fourth-order valence-corrected chi connectivity index (χ4v) is 2.90. The highest BCUT2D eigenvalue weighted by atomic mass is 19.4. The quantitative estimate of drug-likeness (QED) is 0.602. The molecule has 0 saturated heterocycles. The molecule has 3 rings (SSSR count). The van der Waals surface area contributed by atoms with Gasteiger partial charge in [0.15, 0.2) is 0 Å². The first-order valence-electron chi connectivity index (χ1n) is 8.44. The van der Waals surface area contributed by atoms with Crippen LogP contribution in [-0.4, -0.2) is 45.9 Å². The average molecular weight is 406 g/mol. The van der Waals surface area contributed by atoms with Gasteiger partial charge >= 0.3 is 12.1 Å². The van der Waals surface area contributed by atoms with E-state index in [4.69, 9.17) is 0 Å². The predicted molar refractivity (Wildman–Crippen MR) is 99.8 cm³/mol. The van der Waals surface area contributed by atoms with Gasteiger partial charge in [0, 0.05) is 5.69 Å². The average Bonchev–Trinajstić information content (AvgIpc) is 3.01. The molecule has 0 aliphatic heterocycles. The first-order chi connectivity index (χ1) is 13.6. The molecule has 0 bridgehead atoms. The Hall–Kier alpha value is -3.40. The minimum absolute atomic E-state index is 0.0388. The Morgan fingerprint density at radius 3 is 2.48 bits per heavy atom. The molecule has 1 aromatic heterocycles. The Kier molecular flexibility index (Phi) is 5.29. The second kappa shape index (κ2) is 7.55. The van der Waals surface area contributed by atoms with Crippen LogP contribution in [0.4, 0.5) is 18.9 Å². The van der Waals surface area contributed by atoms with E-state index in [9.17, 15) is 27.9 Å². The summed E-state index contributed by atoms with van der Waals surface area (Å²) in [6, 6.07) is 6.97. The SMILES string of the molecule is CN(C)Cc1nc2c(C(=O)O)cc(NC(=O)c3ccccc3C(F)(F)F)cc2[nH]1. The maximum absolute atomic E-state index is 13.2. The number of benzene rings is 2. The van der Waals surface area contributed by atoms with Crippen molar-refractivity contribution in [1.29, 1.82) is 0 Å². The van der Waals surface area contributed by atoms with Crippen LogP contribution in [0.15, 0.2) is 36.4 Å². The molecule has 29 heavy (non-hydrogen) atoms. The van der Waals surface area contributed by atoms with Gasteiger partial charge < -0.3 is 20.3 Å². The standard InChI is InChI=1S/C19H17F3N4O3/c1-26(2)9-15-24-14-8-10(7-12(18(28)29)16(14)25-15)23-17(27)11-5-3-4-6-13(11)19(20,21)22/h3-8H,9H2,1-2H3,(H,23,27)(H,24,25)(H,28,29). The van der Waals surface area contributed by atoms with Crippen LogP contribution in [0.2, 0.25) is 0 Å². The number of hydrogen-bond acceptors (Lipinski definition) is 4. The topological polar surface area (TPSA) is 98.3 Å². The molecule has 3 N–H and O–H groups in total. The highest BCUT2D eigenvalue weighted by Gasteiger charge is 2.34. The van der Waals surface area contributed by atoms with Crippen LogP contribution < -0.4 is 5.32 Å². The van der Waals surface area contributed by atoms with Crippen LogP contribution in [0.1, 0.15) is 32.1 Å². The van der Waals surface area contributed by atoms with Gasteiger partial charge in [0.25, 0.3) is 5.91 Å². The van der Waals surface area contributed by atoms with Gasteiger partial charge in [0.2, 0.25) is 0 Å². The fourth-order valence-electron chi connectivity index (χ4n) is 2.90. The minimum Gasteiger partial charge on any atom is -0.478 e. The van der Waals surface area contributed by atoms with Crippen molar-refractivity contribution in [3.05, 3.63) is 58.9 Å². The van der Waals surface area contributed by atoms with E-state index in [0.717, 1.165) is 12.1 Å². The molecule has 10 heteroatoms. The third-order valence-corrected chi connectivity index (χ3v) is 4.07. The van der Waals surface area contributed by atoms with E-state index >= 15 is 0 Å².